The van der Waals surface area contributed by atoms with E-state index in [0.29, 0.717) is 11.6 Å². The number of aromatic nitrogens is 1. The first-order chi connectivity index (χ1) is 18.1. The van der Waals surface area contributed by atoms with Crippen LogP contribution in [0.1, 0.15) is 54.4 Å². The van der Waals surface area contributed by atoms with Gasteiger partial charge in [0.05, 0.1) is 5.69 Å². The van der Waals surface area contributed by atoms with Gasteiger partial charge in [0.2, 0.25) is 5.88 Å². The van der Waals surface area contributed by atoms with Gasteiger partial charge in [-0.1, -0.05) is 96.1 Å². The molecule has 0 unspecified atom stereocenters. The molecule has 0 saturated heterocycles. The van der Waals surface area contributed by atoms with Crippen molar-refractivity contribution in [1.82, 2.24) is 4.98 Å². The second kappa shape index (κ2) is 14.2. The summed E-state index contributed by atoms with van der Waals surface area (Å²) in [5, 5.41) is 12.1. The normalized spacial score (nSPS) is 11.7. The van der Waals surface area contributed by atoms with Gasteiger partial charge in [-0.05, 0) is 18.2 Å². The molecule has 0 bridgehead atoms. The molecule has 1 aromatic heterocycles. The first kappa shape index (κ1) is 31.9. The van der Waals surface area contributed by atoms with Crippen LogP contribution >= 0.6 is 0 Å². The fraction of sp³-hybridized carbons (Fsp3) is 0.294. The summed E-state index contributed by atoms with van der Waals surface area (Å²) in [6.07, 6.45) is 2.99. The summed E-state index contributed by atoms with van der Waals surface area (Å²) < 4.78 is 5.88. The van der Waals surface area contributed by atoms with Gasteiger partial charge in [0.1, 0.15) is 5.76 Å². The molecule has 39 heavy (non-hydrogen) atoms. The van der Waals surface area contributed by atoms with E-state index in [1.165, 1.54) is 6.08 Å². The van der Waals surface area contributed by atoms with Crippen molar-refractivity contribution >= 4 is 16.6 Å². The summed E-state index contributed by atoms with van der Waals surface area (Å²) in [5.74, 6) is 1.43. The average molecular weight is 701 g/mol. The summed E-state index contributed by atoms with van der Waals surface area (Å²) in [6.45, 7) is 11.7. The van der Waals surface area contributed by atoms with E-state index in [1.54, 1.807) is 0 Å². The number of allylic oxidation sites excluding steroid dienone is 2. The van der Waals surface area contributed by atoms with Crippen molar-refractivity contribution in [1.29, 1.82) is 0 Å². The molecule has 4 nitrogen and oxygen atoms in total. The van der Waals surface area contributed by atoms with Crippen LogP contribution in [0.2, 0.25) is 0 Å². The minimum Gasteiger partial charge on any atom is -0.512 e. The largest absolute Gasteiger partial charge is 0.512 e. The Labute approximate surface area is 246 Å². The molecule has 0 spiro atoms. The molecule has 4 rings (SSSR count). The van der Waals surface area contributed by atoms with Crippen molar-refractivity contribution in [2.24, 2.45) is 10.8 Å². The summed E-state index contributed by atoms with van der Waals surface area (Å²) in [4.78, 5) is 16.6. The monoisotopic (exact) mass is 701 g/mol. The number of ketones is 1. The first-order valence-corrected chi connectivity index (χ1v) is 13.1. The summed E-state index contributed by atoms with van der Waals surface area (Å²) in [6, 6.07) is 30.9. The number of aliphatic hydroxyl groups excluding tert-OH is 1. The minimum atomic E-state index is -0.377. The molecule has 0 fully saturated rings. The minimum absolute atomic E-state index is 0. The number of ether oxygens (including phenoxy) is 1. The smallest absolute Gasteiger partial charge is 0.217 e. The van der Waals surface area contributed by atoms with Gasteiger partial charge in [-0.2, -0.15) is 18.2 Å². The molecule has 207 valence electrons. The summed E-state index contributed by atoms with van der Waals surface area (Å²) in [7, 11) is 0. The van der Waals surface area contributed by atoms with Crippen molar-refractivity contribution in [2.75, 3.05) is 0 Å². The zero-order valence-electron chi connectivity index (χ0n) is 23.6. The van der Waals surface area contributed by atoms with Crippen LogP contribution in [0.25, 0.3) is 22.0 Å². The molecule has 3 aromatic carbocycles. The molecule has 1 radical (unpaired) electrons. The Morgan fingerprint density at radius 3 is 2.13 bits per heavy atom. The van der Waals surface area contributed by atoms with Crippen molar-refractivity contribution in [3.05, 3.63) is 103 Å². The third kappa shape index (κ3) is 8.61. The van der Waals surface area contributed by atoms with Crippen LogP contribution in [0.5, 0.6) is 11.6 Å². The number of pyridine rings is 1. The van der Waals surface area contributed by atoms with Gasteiger partial charge >= 0.3 is 0 Å². The molecular formula is C34H38IrNO3-. The Hall–Kier alpha value is -3.27. The topological polar surface area (TPSA) is 59.4 Å². The second-order valence-electron chi connectivity index (χ2n) is 10.6. The Morgan fingerprint density at radius 2 is 1.51 bits per heavy atom. The van der Waals surface area contributed by atoms with E-state index >= 15 is 0 Å². The van der Waals surface area contributed by atoms with Gasteiger partial charge in [-0.25, -0.2) is 4.98 Å². The molecule has 4 aromatic rings. The predicted octanol–water partition coefficient (Wildman–Crippen LogP) is 9.36. The number of carbonyl (C=O) groups excluding carboxylic acids is 1. The number of carbonyl (C=O) groups is 1. The van der Waals surface area contributed by atoms with Crippen molar-refractivity contribution in [2.45, 2.75) is 54.4 Å². The fourth-order valence-corrected chi connectivity index (χ4v) is 3.47. The van der Waals surface area contributed by atoms with Gasteiger partial charge < -0.3 is 9.84 Å². The summed E-state index contributed by atoms with van der Waals surface area (Å²) >= 11 is 0. The molecule has 0 saturated carbocycles. The van der Waals surface area contributed by atoms with E-state index in [9.17, 15) is 9.90 Å². The number of nitrogens with zero attached hydrogens (tertiary/aromatic N) is 1. The zero-order chi connectivity index (χ0) is 27.8. The Morgan fingerprint density at radius 1 is 0.897 bits per heavy atom. The zero-order valence-corrected chi connectivity index (χ0v) is 26.0. The van der Waals surface area contributed by atoms with E-state index in [0.717, 1.165) is 34.9 Å². The van der Waals surface area contributed by atoms with Crippen LogP contribution in [0.3, 0.4) is 0 Å². The molecule has 0 aliphatic rings. The number of rotatable bonds is 8. The van der Waals surface area contributed by atoms with Crippen LogP contribution < -0.4 is 4.74 Å². The number of para-hydroxylation sites is 1. The van der Waals surface area contributed by atoms with Crippen LogP contribution in [0.15, 0.2) is 96.8 Å². The van der Waals surface area contributed by atoms with Crippen molar-refractivity contribution < 1.29 is 34.7 Å². The van der Waals surface area contributed by atoms with Gasteiger partial charge in [0.25, 0.3) is 0 Å². The van der Waals surface area contributed by atoms with Crippen molar-refractivity contribution in [3.63, 3.8) is 0 Å². The third-order valence-electron chi connectivity index (χ3n) is 7.06. The van der Waals surface area contributed by atoms with E-state index < -0.39 is 0 Å². The molecule has 0 amide bonds. The van der Waals surface area contributed by atoms with Gasteiger partial charge in [-0.3, -0.25) is 4.79 Å². The van der Waals surface area contributed by atoms with Crippen LogP contribution in [0, 0.1) is 16.9 Å². The molecular weight excluding hydrogens is 663 g/mol. The van der Waals surface area contributed by atoms with Gasteiger partial charge in [-0.15, -0.1) is 12.1 Å². The number of hydrogen-bond donors (Lipinski definition) is 1. The van der Waals surface area contributed by atoms with E-state index in [-0.39, 0.29) is 42.5 Å². The van der Waals surface area contributed by atoms with E-state index in [4.69, 9.17) is 9.72 Å². The second-order valence-corrected chi connectivity index (χ2v) is 10.6. The van der Waals surface area contributed by atoms with E-state index in [1.807, 2.05) is 102 Å². The predicted molar refractivity (Wildman–Crippen MR) is 156 cm³/mol. The first-order valence-electron chi connectivity index (χ1n) is 13.1. The fourth-order valence-electron chi connectivity index (χ4n) is 3.47. The molecule has 0 aliphatic heterocycles. The molecule has 0 atom stereocenters. The Bertz CT molecular complexity index is 1380. The number of fused-ring (bicyclic) bond motifs is 1. The maximum atomic E-state index is 11.8. The van der Waals surface area contributed by atoms with Crippen LogP contribution in [0.4, 0.5) is 0 Å². The molecule has 1 heterocycles. The number of hydrogen-bond acceptors (Lipinski definition) is 4. The third-order valence-corrected chi connectivity index (χ3v) is 7.06. The van der Waals surface area contributed by atoms with Crippen LogP contribution in [-0.4, -0.2) is 15.9 Å². The molecule has 1 N–H and O–H groups in total. The average Bonchev–Trinajstić information content (AvgIpc) is 2.94. The SMILES string of the molecule is CCC(C)(C)C(=O)/C=C(\O)C(C)(C)CC.[Ir].[c-]1ccccc1Oc1cc2ccccc2c(-c2ccccc2)n1. The number of benzene rings is 3. The Kier molecular flexibility index (Phi) is 11.6. The maximum absolute atomic E-state index is 11.8. The maximum Gasteiger partial charge on any atom is 0.217 e. The number of aliphatic hydroxyl groups is 1. The molecule has 0 aliphatic carbocycles. The van der Waals surface area contributed by atoms with Crippen LogP contribution in [-0.2, 0) is 24.9 Å². The summed E-state index contributed by atoms with van der Waals surface area (Å²) in [5.41, 5.74) is 1.32. The Balaban J connectivity index is 0.000000294. The quantitative estimate of drug-likeness (QED) is 0.113. The van der Waals surface area contributed by atoms with Crippen molar-refractivity contribution in [3.8, 4) is 22.9 Å². The molecule has 5 heteroatoms. The standard InChI is InChI=1S/C21H14NO.C13H24O2.Ir/c1-3-9-16(10-4-1)21-19-14-8-7-11-17(19)15-20(22-21)23-18-12-5-2-6-13-18;1-7-12(3,4)10(14)9-11(15)13(5,6)8-2;/h1-12,14-15H;9,14H,7-8H2,1-6H3;/q-1;;/b;10-9-;. The van der Waals surface area contributed by atoms with Gasteiger partial charge in [0.15, 0.2) is 5.78 Å². The van der Waals surface area contributed by atoms with E-state index in [2.05, 4.69) is 30.3 Å². The van der Waals surface area contributed by atoms with Gasteiger partial charge in [0, 0.05) is 59.8 Å².